The summed E-state index contributed by atoms with van der Waals surface area (Å²) in [5.41, 5.74) is 1.26. The van der Waals surface area contributed by atoms with E-state index in [1.54, 1.807) is 25.2 Å². The average molecular weight is 352 g/mol. The number of nitrogens with zero attached hydrogens (tertiary/aromatic N) is 3. The second-order valence-electron chi connectivity index (χ2n) is 5.85. The largest absolute Gasteiger partial charge is 0.435 e. The molecule has 1 aliphatic heterocycles. The first-order valence-electron chi connectivity index (χ1n) is 7.46. The van der Waals surface area contributed by atoms with Crippen molar-refractivity contribution in [2.75, 3.05) is 17.3 Å². The third-order valence-electron chi connectivity index (χ3n) is 4.01. The van der Waals surface area contributed by atoms with E-state index in [1.165, 1.54) is 11.8 Å². The minimum absolute atomic E-state index is 0.0367. The molecule has 132 valence electrons. The van der Waals surface area contributed by atoms with Crippen molar-refractivity contribution in [2.45, 2.75) is 26.1 Å². The van der Waals surface area contributed by atoms with Crippen LogP contribution in [-0.4, -0.2) is 28.6 Å². The Morgan fingerprint density at radius 2 is 2.04 bits per heavy atom. The van der Waals surface area contributed by atoms with Crippen molar-refractivity contribution in [3.05, 3.63) is 41.2 Å². The molecule has 1 N–H and O–H groups in total. The van der Waals surface area contributed by atoms with Crippen LogP contribution in [0.5, 0.6) is 0 Å². The van der Waals surface area contributed by atoms with Gasteiger partial charge in [-0.15, -0.1) is 0 Å². The van der Waals surface area contributed by atoms with Crippen molar-refractivity contribution in [2.24, 2.45) is 0 Å². The number of anilines is 2. The Morgan fingerprint density at radius 1 is 1.32 bits per heavy atom. The van der Waals surface area contributed by atoms with Crippen LogP contribution in [-0.2, 0) is 28.7 Å². The van der Waals surface area contributed by atoms with Crippen LogP contribution >= 0.6 is 0 Å². The van der Waals surface area contributed by atoms with E-state index < -0.39 is 17.8 Å². The second kappa shape index (κ2) is 5.91. The number of hydrogen-bond acceptors (Lipinski definition) is 3. The van der Waals surface area contributed by atoms with Crippen LogP contribution in [0, 0.1) is 6.92 Å². The van der Waals surface area contributed by atoms with Crippen LogP contribution in [0.4, 0.5) is 24.5 Å². The molecule has 0 unspecified atom stereocenters. The maximum Gasteiger partial charge on any atom is 0.435 e. The second-order valence-corrected chi connectivity index (χ2v) is 5.85. The Hall–Kier alpha value is -2.84. The fourth-order valence-corrected chi connectivity index (χ4v) is 2.69. The first-order chi connectivity index (χ1) is 11.6. The van der Waals surface area contributed by atoms with Gasteiger partial charge in [0.2, 0.25) is 11.8 Å². The monoisotopic (exact) mass is 352 g/mol. The first kappa shape index (κ1) is 17.0. The molecule has 0 aliphatic carbocycles. The molecule has 9 heteroatoms. The van der Waals surface area contributed by atoms with Crippen LogP contribution in [0.3, 0.4) is 0 Å². The smallest absolute Gasteiger partial charge is 0.324 e. The molecule has 3 rings (SSSR count). The number of carbonyl (C=O) groups is 2. The van der Waals surface area contributed by atoms with Crippen molar-refractivity contribution in [1.29, 1.82) is 0 Å². The van der Waals surface area contributed by atoms with Gasteiger partial charge in [0.15, 0.2) is 5.69 Å². The fraction of sp³-hybridized carbons (Fsp3) is 0.312. The van der Waals surface area contributed by atoms with E-state index in [1.807, 2.05) is 0 Å². The molecule has 6 nitrogen and oxygen atoms in total. The molecule has 1 aromatic heterocycles. The lowest BCUT2D eigenvalue weighted by molar-refractivity contribution is -0.141. The topological polar surface area (TPSA) is 67.2 Å². The minimum Gasteiger partial charge on any atom is -0.324 e. The van der Waals surface area contributed by atoms with Crippen molar-refractivity contribution in [3.8, 4) is 0 Å². The quantitative estimate of drug-likeness (QED) is 0.922. The van der Waals surface area contributed by atoms with Gasteiger partial charge in [-0.2, -0.15) is 18.3 Å². The van der Waals surface area contributed by atoms with Crippen LogP contribution in [0.1, 0.15) is 17.0 Å². The highest BCUT2D eigenvalue weighted by Gasteiger charge is 2.34. The third kappa shape index (κ3) is 3.35. The molecule has 0 fully saturated rings. The van der Waals surface area contributed by atoms with Gasteiger partial charge >= 0.3 is 6.18 Å². The van der Waals surface area contributed by atoms with Crippen LogP contribution in [0.15, 0.2) is 24.3 Å². The predicted molar refractivity (Wildman–Crippen MR) is 84.2 cm³/mol. The number of aryl methyl sites for hydroxylation is 1. The molecule has 0 spiro atoms. The SMILES string of the molecule is Cc1cc(C(F)(F)F)nn1CC(=O)Nc1ccc2c(c1)CC(=O)N2C. The molecule has 0 saturated heterocycles. The molecule has 25 heavy (non-hydrogen) atoms. The first-order valence-corrected chi connectivity index (χ1v) is 7.46. The van der Waals surface area contributed by atoms with Gasteiger partial charge in [0, 0.05) is 24.1 Å². The number of alkyl halides is 3. The number of nitrogens with one attached hydrogen (secondary N) is 1. The van der Waals surface area contributed by atoms with E-state index in [0.29, 0.717) is 5.69 Å². The molecule has 0 atom stereocenters. The van der Waals surface area contributed by atoms with E-state index >= 15 is 0 Å². The van der Waals surface area contributed by atoms with Crippen molar-refractivity contribution in [1.82, 2.24) is 9.78 Å². The van der Waals surface area contributed by atoms with Gasteiger partial charge in [-0.05, 0) is 36.8 Å². The molecule has 2 heterocycles. The van der Waals surface area contributed by atoms with E-state index in [-0.39, 0.29) is 24.6 Å². The number of benzene rings is 1. The lowest BCUT2D eigenvalue weighted by atomic mass is 10.1. The molecule has 0 saturated carbocycles. The van der Waals surface area contributed by atoms with E-state index in [4.69, 9.17) is 0 Å². The predicted octanol–water partition coefficient (Wildman–Crippen LogP) is 2.37. The standard InChI is InChI=1S/C16H15F3N4O2/c1-9-5-13(16(17,18)19)21-23(9)8-14(24)20-11-3-4-12-10(6-11)7-15(25)22(12)2/h3-6H,7-8H2,1-2H3,(H,20,24). The molecular weight excluding hydrogens is 337 g/mol. The molecule has 0 bridgehead atoms. The molecule has 2 amide bonds. The number of aromatic nitrogens is 2. The zero-order valence-electron chi connectivity index (χ0n) is 13.5. The van der Waals surface area contributed by atoms with Crippen molar-refractivity contribution in [3.63, 3.8) is 0 Å². The molecule has 1 aliphatic rings. The number of halogens is 3. The Labute approximate surface area is 141 Å². The van der Waals surface area contributed by atoms with Gasteiger partial charge < -0.3 is 10.2 Å². The van der Waals surface area contributed by atoms with Gasteiger partial charge in [-0.3, -0.25) is 14.3 Å². The van der Waals surface area contributed by atoms with Gasteiger partial charge in [0.1, 0.15) is 6.54 Å². The van der Waals surface area contributed by atoms with Crippen LogP contribution in [0.2, 0.25) is 0 Å². The highest BCUT2D eigenvalue weighted by molar-refractivity contribution is 6.02. The van der Waals surface area contributed by atoms with Crippen molar-refractivity contribution < 1.29 is 22.8 Å². The van der Waals surface area contributed by atoms with Crippen molar-refractivity contribution >= 4 is 23.2 Å². The maximum atomic E-state index is 12.6. The number of hydrogen-bond donors (Lipinski definition) is 1. The van der Waals surface area contributed by atoms with Crippen LogP contribution < -0.4 is 10.2 Å². The Morgan fingerprint density at radius 3 is 2.68 bits per heavy atom. The number of fused-ring (bicyclic) bond motifs is 1. The highest BCUT2D eigenvalue weighted by Crippen LogP contribution is 2.30. The van der Waals surface area contributed by atoms with Gasteiger partial charge in [-0.25, -0.2) is 0 Å². The summed E-state index contributed by atoms with van der Waals surface area (Å²) in [6.07, 6.45) is -4.30. The minimum atomic E-state index is -4.55. The summed E-state index contributed by atoms with van der Waals surface area (Å²) in [6.45, 7) is 1.12. The van der Waals surface area contributed by atoms with E-state index in [0.717, 1.165) is 22.0 Å². The Balaban J connectivity index is 1.71. The summed E-state index contributed by atoms with van der Waals surface area (Å²) < 4.78 is 38.9. The molecule has 0 radical (unpaired) electrons. The fourth-order valence-electron chi connectivity index (χ4n) is 2.69. The lowest BCUT2D eigenvalue weighted by Gasteiger charge is -2.11. The average Bonchev–Trinajstić information content (AvgIpc) is 3.00. The van der Waals surface area contributed by atoms with E-state index in [2.05, 4.69) is 10.4 Å². The Kier molecular flexibility index (Phi) is 4.02. The highest BCUT2D eigenvalue weighted by atomic mass is 19.4. The summed E-state index contributed by atoms with van der Waals surface area (Å²) in [5, 5.41) is 6.03. The third-order valence-corrected chi connectivity index (χ3v) is 4.01. The Bertz CT molecular complexity index is 858. The molecule has 1 aromatic carbocycles. The summed E-state index contributed by atoms with van der Waals surface area (Å²) >= 11 is 0. The summed E-state index contributed by atoms with van der Waals surface area (Å²) in [4.78, 5) is 25.3. The summed E-state index contributed by atoms with van der Waals surface area (Å²) in [7, 11) is 1.67. The summed E-state index contributed by atoms with van der Waals surface area (Å²) in [6, 6.07) is 5.94. The summed E-state index contributed by atoms with van der Waals surface area (Å²) in [5.74, 6) is -0.539. The molecule has 2 aromatic rings. The molecular formula is C16H15F3N4O2. The number of amides is 2. The maximum absolute atomic E-state index is 12.6. The zero-order valence-corrected chi connectivity index (χ0v) is 13.5. The van der Waals surface area contributed by atoms with Gasteiger partial charge in [-0.1, -0.05) is 0 Å². The van der Waals surface area contributed by atoms with Gasteiger partial charge in [0.05, 0.1) is 6.42 Å². The van der Waals surface area contributed by atoms with Gasteiger partial charge in [0.25, 0.3) is 0 Å². The normalized spacial score (nSPS) is 14.0. The number of likely N-dealkylation sites (N-methyl/N-ethyl adjacent to an activating group) is 1. The van der Waals surface area contributed by atoms with Crippen LogP contribution in [0.25, 0.3) is 0 Å². The number of rotatable bonds is 3. The lowest BCUT2D eigenvalue weighted by Crippen LogP contribution is -2.21. The number of carbonyl (C=O) groups excluding carboxylic acids is 2. The van der Waals surface area contributed by atoms with E-state index in [9.17, 15) is 22.8 Å². The zero-order chi connectivity index (χ0) is 18.4.